The molecule has 1 unspecified atom stereocenters. The maximum atomic E-state index is 11.7. The first-order valence-electron chi connectivity index (χ1n) is 5.79. The molecule has 4 nitrogen and oxygen atoms in total. The van der Waals surface area contributed by atoms with Gasteiger partial charge in [-0.2, -0.15) is 0 Å². The van der Waals surface area contributed by atoms with Crippen LogP contribution in [0.15, 0.2) is 18.2 Å². The van der Waals surface area contributed by atoms with Crippen molar-refractivity contribution >= 4 is 29.1 Å². The summed E-state index contributed by atoms with van der Waals surface area (Å²) >= 11 is 11.6. The molecule has 1 rings (SSSR count). The summed E-state index contributed by atoms with van der Waals surface area (Å²) in [6, 6.07) is 4.76. The minimum atomic E-state index is -0.710. The largest absolute Gasteiger partial charge is 0.484 e. The van der Waals surface area contributed by atoms with E-state index in [1.54, 1.807) is 32.9 Å². The Morgan fingerprint density at radius 3 is 2.58 bits per heavy atom. The molecule has 0 heterocycles. The topological polar surface area (TPSA) is 58.6 Å². The first kappa shape index (κ1) is 16.1. The van der Waals surface area contributed by atoms with Crippen molar-refractivity contribution in [2.75, 3.05) is 6.61 Å². The first-order valence-corrected chi connectivity index (χ1v) is 6.55. The number of amides is 1. The van der Waals surface area contributed by atoms with Crippen LogP contribution in [-0.4, -0.2) is 29.3 Å². The van der Waals surface area contributed by atoms with E-state index in [2.05, 4.69) is 5.32 Å². The van der Waals surface area contributed by atoms with Crippen LogP contribution < -0.4 is 10.1 Å². The van der Waals surface area contributed by atoms with E-state index < -0.39 is 11.6 Å². The monoisotopic (exact) mass is 305 g/mol. The summed E-state index contributed by atoms with van der Waals surface area (Å²) in [6.45, 7) is 4.91. The summed E-state index contributed by atoms with van der Waals surface area (Å²) in [5, 5.41) is 13.0. The van der Waals surface area contributed by atoms with Crippen LogP contribution in [0.2, 0.25) is 10.0 Å². The van der Waals surface area contributed by atoms with Crippen molar-refractivity contribution < 1.29 is 14.6 Å². The van der Waals surface area contributed by atoms with Crippen LogP contribution in [0.25, 0.3) is 0 Å². The molecule has 2 N–H and O–H groups in total. The van der Waals surface area contributed by atoms with Crippen LogP contribution in [0.4, 0.5) is 0 Å². The van der Waals surface area contributed by atoms with E-state index in [-0.39, 0.29) is 12.5 Å². The predicted octanol–water partition coefficient (Wildman–Crippen LogP) is 2.65. The third-order valence-electron chi connectivity index (χ3n) is 2.77. The highest BCUT2D eigenvalue weighted by atomic mass is 35.5. The Labute approximate surface area is 122 Å². The van der Waals surface area contributed by atoms with Crippen LogP contribution >= 0.6 is 23.2 Å². The fraction of sp³-hybridized carbons (Fsp3) is 0.462. The van der Waals surface area contributed by atoms with E-state index in [1.165, 1.54) is 6.07 Å². The molecular formula is C13H17Cl2NO3. The van der Waals surface area contributed by atoms with E-state index in [0.717, 1.165) is 0 Å². The Kier molecular flexibility index (Phi) is 5.47. The number of rotatable bonds is 5. The van der Waals surface area contributed by atoms with Crippen molar-refractivity contribution in [1.29, 1.82) is 0 Å². The van der Waals surface area contributed by atoms with E-state index in [4.69, 9.17) is 27.9 Å². The van der Waals surface area contributed by atoms with Crippen molar-refractivity contribution in [2.45, 2.75) is 32.4 Å². The quantitative estimate of drug-likeness (QED) is 0.879. The molecule has 0 spiro atoms. The SMILES string of the molecule is CC(O)C(C)(C)NC(=O)COc1ccc(Cl)c(Cl)c1. The molecule has 0 fully saturated rings. The predicted molar refractivity (Wildman–Crippen MR) is 75.9 cm³/mol. The Balaban J connectivity index is 2.53. The highest BCUT2D eigenvalue weighted by Gasteiger charge is 2.26. The fourth-order valence-corrected chi connectivity index (χ4v) is 1.50. The van der Waals surface area contributed by atoms with Gasteiger partial charge in [0.2, 0.25) is 0 Å². The summed E-state index contributed by atoms with van der Waals surface area (Å²) in [5.41, 5.74) is -0.710. The van der Waals surface area contributed by atoms with Gasteiger partial charge in [-0.15, -0.1) is 0 Å². The Morgan fingerprint density at radius 2 is 2.05 bits per heavy atom. The van der Waals surface area contributed by atoms with Gasteiger partial charge in [0.05, 0.1) is 21.7 Å². The second kappa shape index (κ2) is 6.46. The molecule has 0 saturated carbocycles. The van der Waals surface area contributed by atoms with Crippen molar-refractivity contribution in [2.24, 2.45) is 0 Å². The number of carbonyl (C=O) groups excluding carboxylic acids is 1. The molecule has 106 valence electrons. The molecule has 1 atom stereocenters. The van der Waals surface area contributed by atoms with Crippen LogP contribution in [0.5, 0.6) is 5.75 Å². The van der Waals surface area contributed by atoms with E-state index in [9.17, 15) is 9.90 Å². The lowest BCUT2D eigenvalue weighted by molar-refractivity contribution is -0.126. The fourth-order valence-electron chi connectivity index (χ4n) is 1.22. The maximum absolute atomic E-state index is 11.7. The highest BCUT2D eigenvalue weighted by molar-refractivity contribution is 6.42. The molecular weight excluding hydrogens is 289 g/mol. The summed E-state index contributed by atoms with van der Waals surface area (Å²) in [6.07, 6.45) is -0.665. The number of nitrogens with one attached hydrogen (secondary N) is 1. The van der Waals surface area contributed by atoms with Gasteiger partial charge in [0.15, 0.2) is 6.61 Å². The van der Waals surface area contributed by atoms with E-state index in [0.29, 0.717) is 15.8 Å². The van der Waals surface area contributed by atoms with Gasteiger partial charge in [0, 0.05) is 6.07 Å². The normalized spacial score (nSPS) is 12.9. The minimum Gasteiger partial charge on any atom is -0.484 e. The zero-order chi connectivity index (χ0) is 14.6. The van der Waals surface area contributed by atoms with Gasteiger partial charge < -0.3 is 15.2 Å². The third-order valence-corrected chi connectivity index (χ3v) is 3.51. The number of benzene rings is 1. The Hall–Kier alpha value is -0.970. The van der Waals surface area contributed by atoms with E-state index >= 15 is 0 Å². The van der Waals surface area contributed by atoms with Gasteiger partial charge in [0.25, 0.3) is 5.91 Å². The summed E-state index contributed by atoms with van der Waals surface area (Å²) in [7, 11) is 0. The number of ether oxygens (including phenoxy) is 1. The number of hydrogen-bond donors (Lipinski definition) is 2. The molecule has 6 heteroatoms. The van der Waals surface area contributed by atoms with Crippen LogP contribution in [-0.2, 0) is 4.79 Å². The van der Waals surface area contributed by atoms with Gasteiger partial charge in [-0.3, -0.25) is 4.79 Å². The van der Waals surface area contributed by atoms with E-state index in [1.807, 2.05) is 0 Å². The van der Waals surface area contributed by atoms with Gasteiger partial charge in [-0.05, 0) is 32.9 Å². The lowest BCUT2D eigenvalue weighted by Gasteiger charge is -2.29. The van der Waals surface area contributed by atoms with Crippen molar-refractivity contribution in [1.82, 2.24) is 5.32 Å². The number of aliphatic hydroxyl groups excluding tert-OH is 1. The lowest BCUT2D eigenvalue weighted by atomic mass is 9.99. The second-order valence-electron chi connectivity index (χ2n) is 4.81. The maximum Gasteiger partial charge on any atom is 0.258 e. The average molecular weight is 306 g/mol. The molecule has 1 aromatic carbocycles. The van der Waals surface area contributed by atoms with Gasteiger partial charge in [-0.25, -0.2) is 0 Å². The molecule has 1 aromatic rings. The molecule has 0 radical (unpaired) electrons. The molecule has 0 aliphatic rings. The number of aliphatic hydroxyl groups is 1. The molecule has 0 aromatic heterocycles. The van der Waals surface area contributed by atoms with Gasteiger partial charge in [-0.1, -0.05) is 23.2 Å². The van der Waals surface area contributed by atoms with Crippen molar-refractivity contribution in [3.8, 4) is 5.75 Å². The number of hydrogen-bond acceptors (Lipinski definition) is 3. The number of carbonyl (C=O) groups is 1. The molecule has 19 heavy (non-hydrogen) atoms. The molecule has 0 bridgehead atoms. The average Bonchev–Trinajstić information content (AvgIpc) is 2.30. The lowest BCUT2D eigenvalue weighted by Crippen LogP contribution is -2.52. The Bertz CT molecular complexity index is 461. The third kappa shape index (κ3) is 4.90. The molecule has 0 saturated heterocycles. The van der Waals surface area contributed by atoms with Gasteiger partial charge >= 0.3 is 0 Å². The molecule has 1 amide bonds. The zero-order valence-electron chi connectivity index (χ0n) is 11.0. The van der Waals surface area contributed by atoms with Gasteiger partial charge in [0.1, 0.15) is 5.75 Å². The summed E-state index contributed by atoms with van der Waals surface area (Å²) in [5.74, 6) is 0.136. The van der Waals surface area contributed by atoms with Crippen LogP contribution in [0.1, 0.15) is 20.8 Å². The molecule has 0 aliphatic carbocycles. The molecule has 0 aliphatic heterocycles. The highest BCUT2D eigenvalue weighted by Crippen LogP contribution is 2.26. The van der Waals surface area contributed by atoms with Crippen molar-refractivity contribution in [3.05, 3.63) is 28.2 Å². The second-order valence-corrected chi connectivity index (χ2v) is 5.62. The van der Waals surface area contributed by atoms with Crippen molar-refractivity contribution in [3.63, 3.8) is 0 Å². The Morgan fingerprint density at radius 1 is 1.42 bits per heavy atom. The van der Waals surface area contributed by atoms with Crippen LogP contribution in [0, 0.1) is 0 Å². The smallest absolute Gasteiger partial charge is 0.258 e. The standard InChI is InChI=1S/C13H17Cl2NO3/c1-8(17)13(2,3)16-12(18)7-19-9-4-5-10(14)11(15)6-9/h4-6,8,17H,7H2,1-3H3,(H,16,18). The zero-order valence-corrected chi connectivity index (χ0v) is 12.5. The number of halogens is 2. The summed E-state index contributed by atoms with van der Waals surface area (Å²) in [4.78, 5) is 11.7. The summed E-state index contributed by atoms with van der Waals surface area (Å²) < 4.78 is 5.29. The minimum absolute atomic E-state index is 0.159. The van der Waals surface area contributed by atoms with Crippen LogP contribution in [0.3, 0.4) is 0 Å². The first-order chi connectivity index (χ1) is 8.72.